The lowest BCUT2D eigenvalue weighted by atomic mass is 10.1. The first-order valence-corrected chi connectivity index (χ1v) is 7.37. The molecule has 0 atom stereocenters. The second-order valence-corrected chi connectivity index (χ2v) is 6.86. The Labute approximate surface area is 109 Å². The van der Waals surface area contributed by atoms with E-state index < -0.39 is 0 Å². The van der Waals surface area contributed by atoms with Gasteiger partial charge in [-0.25, -0.2) is 0 Å². The van der Waals surface area contributed by atoms with Crippen molar-refractivity contribution in [1.82, 2.24) is 0 Å². The molecule has 0 aliphatic heterocycles. The molecular weight excluding hydrogens is 256 g/mol. The van der Waals surface area contributed by atoms with Crippen LogP contribution in [0, 0.1) is 5.41 Å². The van der Waals surface area contributed by atoms with Crippen LogP contribution in [0.2, 0.25) is 0 Å². The number of carbonyl (C=O) groups is 1. The lowest BCUT2D eigenvalue weighted by Gasteiger charge is -2.11. The third kappa shape index (κ3) is 3.47. The van der Waals surface area contributed by atoms with Crippen LogP contribution in [0.25, 0.3) is 0 Å². The molecule has 1 N–H and O–H groups in total. The van der Waals surface area contributed by atoms with E-state index >= 15 is 0 Å². The topological polar surface area (TPSA) is 46.5 Å². The average Bonchev–Trinajstić information content (AvgIpc) is 2.94. The van der Waals surface area contributed by atoms with Gasteiger partial charge in [-0.05, 0) is 30.4 Å². The van der Waals surface area contributed by atoms with Crippen molar-refractivity contribution in [3.05, 3.63) is 17.0 Å². The molecule has 1 aromatic heterocycles. The Morgan fingerprint density at radius 1 is 1.59 bits per heavy atom. The highest BCUT2D eigenvalue weighted by Gasteiger charge is 2.44. The highest BCUT2D eigenvalue weighted by Crippen LogP contribution is 2.52. The van der Waals surface area contributed by atoms with Crippen molar-refractivity contribution in [3.63, 3.8) is 0 Å². The van der Waals surface area contributed by atoms with Gasteiger partial charge in [0.1, 0.15) is 0 Å². The zero-order valence-corrected chi connectivity index (χ0v) is 11.4. The van der Waals surface area contributed by atoms with Crippen LogP contribution in [-0.4, -0.2) is 23.9 Å². The summed E-state index contributed by atoms with van der Waals surface area (Å²) in [6, 6.07) is 3.99. The zero-order chi connectivity index (χ0) is 12.3. The van der Waals surface area contributed by atoms with E-state index in [0.29, 0.717) is 6.42 Å². The lowest BCUT2D eigenvalue weighted by molar-refractivity contribution is -0.141. The predicted molar refractivity (Wildman–Crippen MR) is 69.3 cm³/mol. The van der Waals surface area contributed by atoms with Gasteiger partial charge in [0, 0.05) is 10.6 Å². The summed E-state index contributed by atoms with van der Waals surface area (Å²) in [4.78, 5) is 12.3. The number of rotatable bonds is 6. The zero-order valence-electron chi connectivity index (χ0n) is 9.77. The monoisotopic (exact) mass is 272 g/mol. The van der Waals surface area contributed by atoms with Gasteiger partial charge in [0.05, 0.1) is 24.3 Å². The standard InChI is InChI=1S/C12H16O3S2/c1-15-10(14)6-12(4-5-12)8-16-11-3-2-9(7-13)17-11/h2-3,13H,4-8H2,1H3. The van der Waals surface area contributed by atoms with Gasteiger partial charge in [0.2, 0.25) is 0 Å². The minimum atomic E-state index is -0.106. The van der Waals surface area contributed by atoms with Crippen LogP contribution in [0.5, 0.6) is 0 Å². The molecule has 1 saturated carbocycles. The number of hydrogen-bond acceptors (Lipinski definition) is 5. The minimum absolute atomic E-state index is 0.106. The second kappa shape index (κ2) is 5.42. The molecule has 1 aliphatic carbocycles. The number of carbonyl (C=O) groups excluding carboxylic acids is 1. The Kier molecular flexibility index (Phi) is 4.12. The van der Waals surface area contributed by atoms with Gasteiger partial charge in [0.25, 0.3) is 0 Å². The fraction of sp³-hybridized carbons (Fsp3) is 0.583. The third-order valence-electron chi connectivity index (χ3n) is 3.02. The highest BCUT2D eigenvalue weighted by atomic mass is 32.2. The Bertz CT molecular complexity index is 396. The molecule has 1 aromatic rings. The Balaban J connectivity index is 1.83. The van der Waals surface area contributed by atoms with Crippen molar-refractivity contribution in [2.45, 2.75) is 30.1 Å². The van der Waals surface area contributed by atoms with Crippen molar-refractivity contribution in [3.8, 4) is 0 Å². The van der Waals surface area contributed by atoms with Gasteiger partial charge in [-0.15, -0.1) is 23.1 Å². The Hall–Kier alpha value is -0.520. The Morgan fingerprint density at radius 2 is 2.35 bits per heavy atom. The molecule has 0 bridgehead atoms. The molecule has 0 spiro atoms. The van der Waals surface area contributed by atoms with Crippen LogP contribution in [0.1, 0.15) is 24.1 Å². The minimum Gasteiger partial charge on any atom is -0.469 e. The number of ether oxygens (including phenoxy) is 1. The average molecular weight is 272 g/mol. The predicted octanol–water partition coefficient (Wildman–Crippen LogP) is 2.68. The maximum absolute atomic E-state index is 11.3. The molecule has 5 heteroatoms. The number of thiophene rings is 1. The van der Waals surface area contributed by atoms with E-state index in [4.69, 9.17) is 9.84 Å². The van der Waals surface area contributed by atoms with E-state index in [2.05, 4.69) is 0 Å². The summed E-state index contributed by atoms with van der Waals surface area (Å²) in [5.74, 6) is 0.860. The first kappa shape index (κ1) is 12.9. The van der Waals surface area contributed by atoms with Crippen LogP contribution in [0.3, 0.4) is 0 Å². The first-order valence-electron chi connectivity index (χ1n) is 5.57. The largest absolute Gasteiger partial charge is 0.469 e. The molecule has 0 amide bonds. The van der Waals surface area contributed by atoms with Crippen molar-refractivity contribution < 1.29 is 14.6 Å². The molecule has 2 rings (SSSR count). The van der Waals surface area contributed by atoms with E-state index in [1.807, 2.05) is 12.1 Å². The van der Waals surface area contributed by atoms with Crippen LogP contribution >= 0.6 is 23.1 Å². The van der Waals surface area contributed by atoms with Gasteiger partial charge in [-0.2, -0.15) is 0 Å². The van der Waals surface area contributed by atoms with Gasteiger partial charge in [0.15, 0.2) is 0 Å². The number of thioether (sulfide) groups is 1. The van der Waals surface area contributed by atoms with Crippen LogP contribution in [0.4, 0.5) is 0 Å². The molecule has 0 unspecified atom stereocenters. The SMILES string of the molecule is COC(=O)CC1(CSc2ccc(CO)s2)CC1. The van der Waals surface area contributed by atoms with Crippen LogP contribution in [0.15, 0.2) is 16.3 Å². The number of methoxy groups -OCH3 is 1. The van der Waals surface area contributed by atoms with Crippen LogP contribution in [-0.2, 0) is 16.1 Å². The molecule has 3 nitrogen and oxygen atoms in total. The van der Waals surface area contributed by atoms with E-state index in [1.165, 1.54) is 11.3 Å². The summed E-state index contributed by atoms with van der Waals surface area (Å²) in [7, 11) is 1.44. The van der Waals surface area contributed by atoms with Gasteiger partial charge in [-0.1, -0.05) is 0 Å². The molecule has 1 fully saturated rings. The normalized spacial score (nSPS) is 16.8. The molecule has 17 heavy (non-hydrogen) atoms. The molecule has 0 aromatic carbocycles. The van der Waals surface area contributed by atoms with Gasteiger partial charge < -0.3 is 9.84 Å². The van der Waals surface area contributed by atoms with E-state index in [0.717, 1.165) is 23.5 Å². The van der Waals surface area contributed by atoms with Crippen molar-refractivity contribution in [1.29, 1.82) is 0 Å². The van der Waals surface area contributed by atoms with Crippen LogP contribution < -0.4 is 0 Å². The molecular formula is C12H16O3S2. The Morgan fingerprint density at radius 3 is 2.88 bits per heavy atom. The van der Waals surface area contributed by atoms with E-state index in [-0.39, 0.29) is 18.0 Å². The summed E-state index contributed by atoms with van der Waals surface area (Å²) >= 11 is 3.40. The highest BCUT2D eigenvalue weighted by molar-refractivity contribution is 8.01. The molecule has 94 valence electrons. The molecule has 0 radical (unpaired) electrons. The lowest BCUT2D eigenvalue weighted by Crippen LogP contribution is -2.12. The van der Waals surface area contributed by atoms with Gasteiger partial charge in [-0.3, -0.25) is 4.79 Å². The summed E-state index contributed by atoms with van der Waals surface area (Å²) in [5.41, 5.74) is 0.168. The fourth-order valence-electron chi connectivity index (χ4n) is 1.67. The van der Waals surface area contributed by atoms with Crippen molar-refractivity contribution in [2.75, 3.05) is 12.9 Å². The summed E-state index contributed by atoms with van der Waals surface area (Å²) in [5, 5.41) is 8.98. The number of aliphatic hydroxyl groups is 1. The second-order valence-electron chi connectivity index (χ2n) is 4.42. The quantitative estimate of drug-likeness (QED) is 0.639. The maximum atomic E-state index is 11.3. The molecule has 0 saturated heterocycles. The molecule has 1 aliphatic rings. The van der Waals surface area contributed by atoms with Crippen molar-refractivity contribution in [2.24, 2.45) is 5.41 Å². The molecule has 1 heterocycles. The summed E-state index contributed by atoms with van der Waals surface area (Å²) < 4.78 is 5.93. The summed E-state index contributed by atoms with van der Waals surface area (Å²) in [6.07, 6.45) is 2.77. The number of esters is 1. The first-order chi connectivity index (χ1) is 8.17. The van der Waals surface area contributed by atoms with E-state index in [9.17, 15) is 4.79 Å². The third-order valence-corrected chi connectivity index (χ3v) is 5.66. The van der Waals surface area contributed by atoms with Crippen molar-refractivity contribution >= 4 is 29.1 Å². The smallest absolute Gasteiger partial charge is 0.306 e. The van der Waals surface area contributed by atoms with Gasteiger partial charge >= 0.3 is 5.97 Å². The van der Waals surface area contributed by atoms with E-state index in [1.54, 1.807) is 23.1 Å². The number of hydrogen-bond donors (Lipinski definition) is 1. The maximum Gasteiger partial charge on any atom is 0.306 e. The number of aliphatic hydroxyl groups excluding tert-OH is 1. The summed E-state index contributed by atoms with van der Waals surface area (Å²) in [6.45, 7) is 0.110. The fourth-order valence-corrected chi connectivity index (χ4v) is 4.00.